The maximum absolute atomic E-state index is 12.3. The van der Waals surface area contributed by atoms with E-state index in [1.54, 1.807) is 0 Å². The summed E-state index contributed by atoms with van der Waals surface area (Å²) < 4.78 is 0. The van der Waals surface area contributed by atoms with Gasteiger partial charge in [-0.3, -0.25) is 0 Å². The van der Waals surface area contributed by atoms with Crippen molar-refractivity contribution in [2.24, 2.45) is 0 Å². The third-order valence-electron chi connectivity index (χ3n) is 4.31. The number of nitrogens with one attached hydrogen (secondary N) is 2. The van der Waals surface area contributed by atoms with Gasteiger partial charge >= 0.3 is 6.03 Å². The molecule has 4 nitrogen and oxygen atoms in total. The molecule has 1 aliphatic rings. The number of hydrogen-bond donors (Lipinski definition) is 3. The molecule has 1 fully saturated rings. The summed E-state index contributed by atoms with van der Waals surface area (Å²) in [7, 11) is 0. The average Bonchev–Trinajstić information content (AvgIpc) is 2.95. The fraction of sp³-hybridized carbons (Fsp3) is 0.588. The quantitative estimate of drug-likeness (QED) is 0.754. The minimum atomic E-state index is -0.220. The zero-order chi connectivity index (χ0) is 15.1. The standard InChI is InChI=1S/C17H26N2O2/c1-14(8-7-13-20)18-16(21)19-17(11-5-6-12-17)15-9-3-2-4-10-15/h2-4,9-10,14,20H,5-8,11-13H2,1H3,(H2,18,19,21). The minimum absolute atomic E-state index is 0.0753. The molecule has 0 heterocycles. The van der Waals surface area contributed by atoms with Gasteiger partial charge < -0.3 is 15.7 Å². The van der Waals surface area contributed by atoms with E-state index in [-0.39, 0.29) is 24.2 Å². The number of rotatable bonds is 6. The van der Waals surface area contributed by atoms with Gasteiger partial charge in [0.15, 0.2) is 0 Å². The number of aliphatic hydroxyl groups is 1. The molecule has 21 heavy (non-hydrogen) atoms. The van der Waals surface area contributed by atoms with E-state index in [0.717, 1.165) is 32.1 Å². The predicted octanol–water partition coefficient (Wildman–Crippen LogP) is 2.92. The first kappa shape index (κ1) is 15.8. The highest BCUT2D eigenvalue weighted by Gasteiger charge is 2.36. The summed E-state index contributed by atoms with van der Waals surface area (Å²) in [6.07, 6.45) is 5.79. The summed E-state index contributed by atoms with van der Waals surface area (Å²) in [5.74, 6) is 0. The van der Waals surface area contributed by atoms with Crippen LogP contribution < -0.4 is 10.6 Å². The Labute approximate surface area is 126 Å². The summed E-state index contributed by atoms with van der Waals surface area (Å²) in [5, 5.41) is 15.0. The third kappa shape index (κ3) is 4.21. The van der Waals surface area contributed by atoms with Gasteiger partial charge in [-0.25, -0.2) is 4.79 Å². The Bertz CT molecular complexity index is 441. The molecule has 2 amide bonds. The molecule has 0 bridgehead atoms. The molecule has 1 aliphatic carbocycles. The second-order valence-corrected chi connectivity index (χ2v) is 6.02. The Morgan fingerprint density at radius 3 is 2.57 bits per heavy atom. The summed E-state index contributed by atoms with van der Waals surface area (Å²) in [4.78, 5) is 12.3. The maximum Gasteiger partial charge on any atom is 0.315 e. The minimum Gasteiger partial charge on any atom is -0.396 e. The fourth-order valence-corrected chi connectivity index (χ4v) is 3.17. The Kier molecular flexibility index (Phi) is 5.62. The van der Waals surface area contributed by atoms with E-state index in [1.165, 1.54) is 5.56 Å². The third-order valence-corrected chi connectivity index (χ3v) is 4.31. The smallest absolute Gasteiger partial charge is 0.315 e. The monoisotopic (exact) mass is 290 g/mol. The SMILES string of the molecule is CC(CCCO)NC(=O)NC1(c2ccccc2)CCCC1. The molecule has 0 radical (unpaired) electrons. The Balaban J connectivity index is 1.99. The van der Waals surface area contributed by atoms with Crippen LogP contribution in [-0.4, -0.2) is 23.8 Å². The van der Waals surface area contributed by atoms with E-state index < -0.39 is 0 Å². The van der Waals surface area contributed by atoms with Gasteiger partial charge in [-0.05, 0) is 38.2 Å². The molecule has 1 unspecified atom stereocenters. The van der Waals surface area contributed by atoms with Crippen LogP contribution >= 0.6 is 0 Å². The predicted molar refractivity (Wildman–Crippen MR) is 84.0 cm³/mol. The number of amides is 2. The average molecular weight is 290 g/mol. The molecular formula is C17H26N2O2. The van der Waals surface area contributed by atoms with Crippen molar-refractivity contribution in [2.45, 2.75) is 57.0 Å². The summed E-state index contributed by atoms with van der Waals surface area (Å²) in [6, 6.07) is 10.2. The number of aliphatic hydroxyl groups excluding tert-OH is 1. The van der Waals surface area contributed by atoms with Crippen LogP contribution in [0.1, 0.15) is 51.0 Å². The summed E-state index contributed by atoms with van der Waals surface area (Å²) >= 11 is 0. The largest absolute Gasteiger partial charge is 0.396 e. The molecule has 0 aliphatic heterocycles. The van der Waals surface area contributed by atoms with Gasteiger partial charge in [-0.1, -0.05) is 43.2 Å². The van der Waals surface area contributed by atoms with Crippen LogP contribution in [0.2, 0.25) is 0 Å². The van der Waals surface area contributed by atoms with Crippen LogP contribution in [-0.2, 0) is 5.54 Å². The Morgan fingerprint density at radius 1 is 1.29 bits per heavy atom. The lowest BCUT2D eigenvalue weighted by Gasteiger charge is -2.31. The van der Waals surface area contributed by atoms with Gasteiger partial charge in [0.25, 0.3) is 0 Å². The second kappa shape index (κ2) is 7.46. The zero-order valence-electron chi connectivity index (χ0n) is 12.8. The first-order valence-electron chi connectivity index (χ1n) is 7.91. The highest BCUT2D eigenvalue weighted by molar-refractivity contribution is 5.75. The molecule has 116 valence electrons. The first-order chi connectivity index (χ1) is 10.2. The van der Waals surface area contributed by atoms with E-state index in [1.807, 2.05) is 25.1 Å². The van der Waals surface area contributed by atoms with E-state index in [9.17, 15) is 4.79 Å². The molecule has 1 atom stereocenters. The Morgan fingerprint density at radius 2 is 1.95 bits per heavy atom. The number of urea groups is 1. The first-order valence-corrected chi connectivity index (χ1v) is 7.91. The van der Waals surface area contributed by atoms with Crippen molar-refractivity contribution in [1.29, 1.82) is 0 Å². The van der Waals surface area contributed by atoms with Gasteiger partial charge in [-0.2, -0.15) is 0 Å². The lowest BCUT2D eigenvalue weighted by atomic mass is 9.88. The summed E-state index contributed by atoms with van der Waals surface area (Å²) in [6.45, 7) is 2.14. The second-order valence-electron chi connectivity index (χ2n) is 6.02. The van der Waals surface area contributed by atoms with Crippen LogP contribution in [0.15, 0.2) is 30.3 Å². The maximum atomic E-state index is 12.3. The van der Waals surface area contributed by atoms with Crippen LogP contribution in [0.4, 0.5) is 4.79 Å². The van der Waals surface area contributed by atoms with Crippen molar-refractivity contribution in [2.75, 3.05) is 6.61 Å². The molecule has 2 rings (SSSR count). The molecule has 0 saturated heterocycles. The van der Waals surface area contributed by atoms with E-state index in [4.69, 9.17) is 5.11 Å². The van der Waals surface area contributed by atoms with Crippen molar-refractivity contribution >= 4 is 6.03 Å². The number of benzene rings is 1. The normalized spacial score (nSPS) is 18.2. The Hall–Kier alpha value is -1.55. The number of carbonyl (C=O) groups is 1. The van der Waals surface area contributed by atoms with E-state index in [2.05, 4.69) is 22.8 Å². The van der Waals surface area contributed by atoms with Crippen LogP contribution in [0, 0.1) is 0 Å². The molecule has 0 spiro atoms. The van der Waals surface area contributed by atoms with Crippen LogP contribution in [0.3, 0.4) is 0 Å². The van der Waals surface area contributed by atoms with Crippen molar-refractivity contribution in [3.05, 3.63) is 35.9 Å². The molecule has 0 aromatic heterocycles. The molecule has 1 saturated carbocycles. The molecule has 4 heteroatoms. The van der Waals surface area contributed by atoms with Crippen molar-refractivity contribution < 1.29 is 9.90 Å². The molecule has 1 aromatic carbocycles. The fourth-order valence-electron chi connectivity index (χ4n) is 3.17. The molecule has 1 aromatic rings. The lowest BCUT2D eigenvalue weighted by Crippen LogP contribution is -2.50. The van der Waals surface area contributed by atoms with Gasteiger partial charge in [0.05, 0.1) is 5.54 Å². The van der Waals surface area contributed by atoms with E-state index >= 15 is 0 Å². The van der Waals surface area contributed by atoms with Crippen molar-refractivity contribution in [3.8, 4) is 0 Å². The van der Waals surface area contributed by atoms with Crippen molar-refractivity contribution in [3.63, 3.8) is 0 Å². The lowest BCUT2D eigenvalue weighted by molar-refractivity contribution is 0.219. The highest BCUT2D eigenvalue weighted by atomic mass is 16.3. The zero-order valence-corrected chi connectivity index (χ0v) is 12.8. The van der Waals surface area contributed by atoms with Crippen molar-refractivity contribution in [1.82, 2.24) is 10.6 Å². The van der Waals surface area contributed by atoms with Crippen LogP contribution in [0.25, 0.3) is 0 Å². The molecular weight excluding hydrogens is 264 g/mol. The van der Waals surface area contributed by atoms with Gasteiger partial charge in [-0.15, -0.1) is 0 Å². The van der Waals surface area contributed by atoms with Gasteiger partial charge in [0.2, 0.25) is 0 Å². The topological polar surface area (TPSA) is 61.4 Å². The number of carbonyl (C=O) groups excluding carboxylic acids is 1. The van der Waals surface area contributed by atoms with E-state index in [0.29, 0.717) is 6.42 Å². The van der Waals surface area contributed by atoms with Crippen LogP contribution in [0.5, 0.6) is 0 Å². The molecule has 3 N–H and O–H groups in total. The highest BCUT2D eigenvalue weighted by Crippen LogP contribution is 2.38. The number of hydrogen-bond acceptors (Lipinski definition) is 2. The summed E-state index contributed by atoms with van der Waals surface area (Å²) in [5.41, 5.74) is 0.975. The van der Waals surface area contributed by atoms with Gasteiger partial charge in [0, 0.05) is 12.6 Å². The van der Waals surface area contributed by atoms with Gasteiger partial charge in [0.1, 0.15) is 0 Å².